The van der Waals surface area contributed by atoms with Crippen molar-refractivity contribution in [2.45, 2.75) is 18.2 Å². The van der Waals surface area contributed by atoms with E-state index in [1.165, 1.54) is 22.7 Å². The number of halogens is 2. The van der Waals surface area contributed by atoms with Crippen molar-refractivity contribution < 1.29 is 9.59 Å². The Morgan fingerprint density at radius 1 is 0.810 bits per heavy atom. The Labute approximate surface area is 260 Å². The summed E-state index contributed by atoms with van der Waals surface area (Å²) in [6.45, 7) is 1.15. The van der Waals surface area contributed by atoms with E-state index in [4.69, 9.17) is 28.2 Å². The molecule has 0 spiro atoms. The number of Topliss-reactive ketones (excluding diaryl/α,β-unsaturated/α-hetero) is 1. The fourth-order valence-electron chi connectivity index (χ4n) is 5.16. The van der Waals surface area contributed by atoms with Crippen LogP contribution in [0.4, 0.5) is 11.4 Å². The summed E-state index contributed by atoms with van der Waals surface area (Å²) in [5, 5.41) is 2.51. The highest BCUT2D eigenvalue weighted by Crippen LogP contribution is 2.42. The average Bonchev–Trinajstić information content (AvgIpc) is 3.62. The van der Waals surface area contributed by atoms with Gasteiger partial charge in [0.2, 0.25) is 0 Å². The number of thioether (sulfide) groups is 1. The van der Waals surface area contributed by atoms with Gasteiger partial charge in [0.05, 0.1) is 41.3 Å². The first-order chi connectivity index (χ1) is 20.5. The van der Waals surface area contributed by atoms with Gasteiger partial charge in [-0.3, -0.25) is 14.5 Å². The molecule has 0 atom stereocenters. The first-order valence-electron chi connectivity index (χ1n) is 13.2. The quantitative estimate of drug-likeness (QED) is 0.135. The number of anilines is 2. The highest BCUT2D eigenvalue weighted by Gasteiger charge is 2.42. The van der Waals surface area contributed by atoms with Gasteiger partial charge in [-0.15, -0.1) is 0 Å². The lowest BCUT2D eigenvalue weighted by molar-refractivity contribution is -0.114. The Bertz CT molecular complexity index is 1950. The number of nitrogens with zero attached hydrogens (tertiary/aromatic N) is 4. The summed E-state index contributed by atoms with van der Waals surface area (Å²) in [6, 6.07) is 31.2. The predicted octanol–water partition coefficient (Wildman–Crippen LogP) is 7.11. The van der Waals surface area contributed by atoms with Crippen LogP contribution in [0.3, 0.4) is 0 Å². The Morgan fingerprint density at radius 2 is 1.48 bits per heavy atom. The highest BCUT2D eigenvalue weighted by atomic mass is 35.5. The van der Waals surface area contributed by atoms with Crippen LogP contribution >= 0.6 is 45.9 Å². The van der Waals surface area contributed by atoms with Crippen LogP contribution < -0.4 is 9.80 Å². The van der Waals surface area contributed by atoms with Crippen LogP contribution in [0, 0.1) is 0 Å². The number of carbonyl (C=O) groups is 2. The standard InChI is InChI=1S/C32H22Cl2N4O2S2/c33-22-11-13-25-24(15-22)35-31(36(25)17-20-7-3-1-4-8-20)41-19-28(39)29-30(40)38-27-16-23(34)12-14-26(27)37(32(38)42-29)18-21-9-5-2-6-10-21/h1-16H,17-19H2. The van der Waals surface area contributed by atoms with Gasteiger partial charge >= 0.3 is 0 Å². The molecule has 0 radical (unpaired) electrons. The molecule has 10 heteroatoms. The van der Waals surface area contributed by atoms with Crippen molar-refractivity contribution in [2.24, 2.45) is 0 Å². The molecule has 1 aromatic heterocycles. The van der Waals surface area contributed by atoms with Crippen molar-refractivity contribution in [1.82, 2.24) is 9.55 Å². The van der Waals surface area contributed by atoms with Crippen LogP contribution in [0.15, 0.2) is 102 Å². The lowest BCUT2D eigenvalue weighted by Crippen LogP contribution is -2.41. The molecule has 4 aromatic carbocycles. The monoisotopic (exact) mass is 628 g/mol. The van der Waals surface area contributed by atoms with Gasteiger partial charge < -0.3 is 9.47 Å². The number of benzene rings is 4. The molecular formula is C32H22Cl2N4O2S2. The minimum atomic E-state index is -0.329. The number of carbonyl (C=O) groups excluding carboxylic acids is 2. The van der Waals surface area contributed by atoms with E-state index in [1.807, 2.05) is 78.9 Å². The van der Waals surface area contributed by atoms with Gasteiger partial charge in [0.15, 0.2) is 16.1 Å². The molecule has 2 aliphatic heterocycles. The second kappa shape index (κ2) is 11.1. The Hall–Kier alpha value is -3.82. The Balaban J connectivity index is 1.20. The molecular weight excluding hydrogens is 607 g/mol. The van der Waals surface area contributed by atoms with Crippen LogP contribution in [0.1, 0.15) is 11.1 Å². The van der Waals surface area contributed by atoms with Gasteiger partial charge in [0, 0.05) is 10.0 Å². The predicted molar refractivity (Wildman–Crippen MR) is 175 cm³/mol. The fourth-order valence-corrected chi connectivity index (χ4v) is 7.57. The van der Waals surface area contributed by atoms with Crippen LogP contribution in [-0.2, 0) is 22.7 Å². The normalized spacial score (nSPS) is 14.0. The molecule has 5 aromatic rings. The molecule has 208 valence electrons. The molecule has 6 nitrogen and oxygen atoms in total. The number of hydrogen-bond acceptors (Lipinski definition) is 5. The second-order valence-electron chi connectivity index (χ2n) is 9.87. The number of fused-ring (bicyclic) bond motifs is 4. The van der Waals surface area contributed by atoms with Crippen LogP contribution in [-0.4, -0.2) is 37.0 Å². The largest absolute Gasteiger partial charge is 0.314 e. The number of imidazole rings is 1. The smallest absolute Gasteiger partial charge is 0.278 e. The van der Waals surface area contributed by atoms with E-state index in [-0.39, 0.29) is 22.3 Å². The van der Waals surface area contributed by atoms with Crippen molar-refractivity contribution in [3.05, 3.63) is 118 Å². The van der Waals surface area contributed by atoms with Gasteiger partial charge in [-0.25, -0.2) is 4.98 Å². The van der Waals surface area contributed by atoms with Gasteiger partial charge in [-0.1, -0.05) is 107 Å². The maximum absolute atomic E-state index is 13.7. The van der Waals surface area contributed by atoms with Crippen molar-refractivity contribution in [1.29, 1.82) is 0 Å². The summed E-state index contributed by atoms with van der Waals surface area (Å²) in [4.78, 5) is 36.0. The van der Waals surface area contributed by atoms with Crippen LogP contribution in [0.2, 0.25) is 10.0 Å². The summed E-state index contributed by atoms with van der Waals surface area (Å²) >= 11 is 13.9. The van der Waals surface area contributed by atoms with Gasteiger partial charge in [0.25, 0.3) is 5.91 Å². The van der Waals surface area contributed by atoms with E-state index in [9.17, 15) is 9.59 Å². The Morgan fingerprint density at radius 3 is 2.21 bits per heavy atom. The molecule has 3 heterocycles. The summed E-state index contributed by atoms with van der Waals surface area (Å²) in [6.07, 6.45) is 0. The SMILES string of the molecule is O=C(CSc1nc2cc(Cl)ccc2n1Cc1ccccc1)C1=S=C2N(Cc3ccccc3)c3ccc(Cl)cc3N2C1=O. The number of ketones is 1. The molecule has 0 N–H and O–H groups in total. The number of amides is 1. The van der Waals surface area contributed by atoms with Crippen molar-refractivity contribution in [3.8, 4) is 0 Å². The first-order valence-corrected chi connectivity index (χ1v) is 15.7. The van der Waals surface area contributed by atoms with E-state index >= 15 is 0 Å². The van der Waals surface area contributed by atoms with Crippen molar-refractivity contribution in [2.75, 3.05) is 15.6 Å². The molecule has 0 fully saturated rings. The van der Waals surface area contributed by atoms with E-state index in [0.717, 1.165) is 27.8 Å². The third kappa shape index (κ3) is 4.94. The zero-order valence-corrected chi connectivity index (χ0v) is 25.2. The molecule has 42 heavy (non-hydrogen) atoms. The van der Waals surface area contributed by atoms with Gasteiger partial charge in [0.1, 0.15) is 4.86 Å². The highest BCUT2D eigenvalue weighted by molar-refractivity contribution is 8.03. The molecule has 0 saturated carbocycles. The number of aromatic nitrogens is 2. The van der Waals surface area contributed by atoms with Crippen LogP contribution in [0.25, 0.3) is 11.0 Å². The lowest BCUT2D eigenvalue weighted by Gasteiger charge is -2.19. The zero-order valence-electron chi connectivity index (χ0n) is 22.0. The molecule has 7 rings (SSSR count). The minimum absolute atomic E-state index is 0.0716. The van der Waals surface area contributed by atoms with Crippen molar-refractivity contribution in [3.63, 3.8) is 0 Å². The fraction of sp³-hybridized carbons (Fsp3) is 0.0938. The van der Waals surface area contributed by atoms with E-state index in [2.05, 4.69) is 21.6 Å². The van der Waals surface area contributed by atoms with E-state index in [0.29, 0.717) is 39.1 Å². The van der Waals surface area contributed by atoms with E-state index in [1.54, 1.807) is 11.0 Å². The molecule has 2 aliphatic rings. The second-order valence-corrected chi connectivity index (χ2v) is 12.7. The van der Waals surface area contributed by atoms with Crippen LogP contribution in [0.5, 0.6) is 0 Å². The number of rotatable bonds is 8. The minimum Gasteiger partial charge on any atom is -0.314 e. The molecule has 0 aliphatic carbocycles. The molecule has 0 unspecified atom stereocenters. The maximum atomic E-state index is 13.7. The van der Waals surface area contributed by atoms with E-state index < -0.39 is 0 Å². The Kier molecular flexibility index (Phi) is 7.15. The zero-order chi connectivity index (χ0) is 28.8. The average molecular weight is 630 g/mol. The third-order valence-electron chi connectivity index (χ3n) is 7.11. The summed E-state index contributed by atoms with van der Waals surface area (Å²) < 4.78 is 2.08. The third-order valence-corrected chi connectivity index (χ3v) is 9.75. The maximum Gasteiger partial charge on any atom is 0.278 e. The summed E-state index contributed by atoms with van der Waals surface area (Å²) in [5.41, 5.74) is 5.46. The summed E-state index contributed by atoms with van der Waals surface area (Å²) in [5.74, 6) is -0.497. The number of hydrogen-bond donors (Lipinski definition) is 0. The van der Waals surface area contributed by atoms with Gasteiger partial charge in [-0.2, -0.15) is 0 Å². The lowest BCUT2D eigenvalue weighted by atomic mass is 10.2. The molecule has 1 amide bonds. The molecule has 0 saturated heterocycles. The first kappa shape index (κ1) is 27.0. The summed E-state index contributed by atoms with van der Waals surface area (Å²) in [7, 11) is 1.22. The molecule has 0 bridgehead atoms. The van der Waals surface area contributed by atoms with Gasteiger partial charge in [-0.05, 0) is 47.5 Å². The topological polar surface area (TPSA) is 58.4 Å². The van der Waals surface area contributed by atoms with Crippen molar-refractivity contribution >= 4 is 90.0 Å².